The predicted molar refractivity (Wildman–Crippen MR) is 132 cm³/mol. The second-order valence-electron chi connectivity index (χ2n) is 8.65. The van der Waals surface area contributed by atoms with Crippen molar-refractivity contribution >= 4 is 35.8 Å². The van der Waals surface area contributed by atoms with Gasteiger partial charge in [0.2, 0.25) is 5.91 Å². The van der Waals surface area contributed by atoms with Gasteiger partial charge in [-0.2, -0.15) is 0 Å². The Morgan fingerprint density at radius 1 is 1.30 bits per heavy atom. The maximum absolute atomic E-state index is 12.0. The number of amides is 1. The lowest BCUT2D eigenvalue weighted by atomic mass is 10.1. The van der Waals surface area contributed by atoms with E-state index >= 15 is 0 Å². The van der Waals surface area contributed by atoms with Crippen molar-refractivity contribution in [2.75, 3.05) is 33.8 Å². The molecular formula is C22H37IN4O3. The van der Waals surface area contributed by atoms with E-state index in [-0.39, 0.29) is 48.1 Å². The molecule has 1 aromatic rings. The maximum Gasteiger partial charge on any atom is 0.241 e. The van der Waals surface area contributed by atoms with E-state index in [1.54, 1.807) is 19.0 Å². The average molecular weight is 532 g/mol. The third kappa shape index (κ3) is 9.51. The third-order valence-corrected chi connectivity index (χ3v) is 4.47. The molecule has 1 fully saturated rings. The number of aryl methyl sites for hydroxylation is 1. The number of nitrogens with zero attached hydrogens (tertiary/aromatic N) is 2. The molecule has 1 heterocycles. The molecule has 0 aliphatic carbocycles. The Kier molecular flexibility index (Phi) is 10.9. The quantitative estimate of drug-likeness (QED) is 0.321. The summed E-state index contributed by atoms with van der Waals surface area (Å²) >= 11 is 0. The summed E-state index contributed by atoms with van der Waals surface area (Å²) in [6.45, 7) is 10.3. The van der Waals surface area contributed by atoms with Crippen LogP contribution in [-0.2, 0) is 16.1 Å². The van der Waals surface area contributed by atoms with E-state index < -0.39 is 0 Å². The Balaban J connectivity index is 0.00000450. The van der Waals surface area contributed by atoms with Crippen molar-refractivity contribution < 1.29 is 14.3 Å². The van der Waals surface area contributed by atoms with Crippen LogP contribution in [0.5, 0.6) is 5.75 Å². The Hall–Kier alpha value is -1.55. The van der Waals surface area contributed by atoms with E-state index in [0.29, 0.717) is 19.0 Å². The van der Waals surface area contributed by atoms with Crippen LogP contribution in [0.15, 0.2) is 23.2 Å². The lowest BCUT2D eigenvalue weighted by molar-refractivity contribution is -0.127. The molecule has 2 N–H and O–H groups in total. The van der Waals surface area contributed by atoms with E-state index in [1.165, 1.54) is 0 Å². The van der Waals surface area contributed by atoms with Crippen LogP contribution in [0.1, 0.15) is 44.7 Å². The first-order valence-electron chi connectivity index (χ1n) is 10.3. The summed E-state index contributed by atoms with van der Waals surface area (Å²) < 4.78 is 11.8. The molecule has 1 unspecified atom stereocenters. The summed E-state index contributed by atoms with van der Waals surface area (Å²) in [5, 5.41) is 6.43. The third-order valence-electron chi connectivity index (χ3n) is 4.47. The summed E-state index contributed by atoms with van der Waals surface area (Å²) in [7, 11) is 3.48. The van der Waals surface area contributed by atoms with Gasteiger partial charge in [0.05, 0.1) is 19.2 Å². The highest BCUT2D eigenvalue weighted by molar-refractivity contribution is 14.0. The molecule has 170 valence electrons. The first kappa shape index (κ1) is 26.5. The Morgan fingerprint density at radius 3 is 2.63 bits per heavy atom. The highest BCUT2D eigenvalue weighted by Crippen LogP contribution is 2.25. The normalized spacial score (nSPS) is 16.6. The van der Waals surface area contributed by atoms with Gasteiger partial charge in [-0.25, -0.2) is 4.99 Å². The molecular weight excluding hydrogens is 495 g/mol. The number of ether oxygens (including phenoxy) is 2. The highest BCUT2D eigenvalue weighted by atomic mass is 127. The Bertz CT molecular complexity index is 711. The molecule has 1 atom stereocenters. The van der Waals surface area contributed by atoms with Gasteiger partial charge in [0.1, 0.15) is 11.4 Å². The molecule has 0 spiro atoms. The zero-order chi connectivity index (χ0) is 21.4. The van der Waals surface area contributed by atoms with Gasteiger partial charge in [0, 0.05) is 32.8 Å². The molecule has 1 aliphatic rings. The number of hydrogen-bond donors (Lipinski definition) is 2. The van der Waals surface area contributed by atoms with Crippen LogP contribution in [0, 0.1) is 6.92 Å². The van der Waals surface area contributed by atoms with E-state index in [0.717, 1.165) is 36.3 Å². The summed E-state index contributed by atoms with van der Waals surface area (Å²) in [4.78, 5) is 18.2. The molecule has 2 rings (SSSR count). The fourth-order valence-corrected chi connectivity index (χ4v) is 2.89. The average Bonchev–Trinajstić information content (AvgIpc) is 3.14. The van der Waals surface area contributed by atoms with Crippen LogP contribution in [0.2, 0.25) is 0 Å². The van der Waals surface area contributed by atoms with E-state index in [1.807, 2.05) is 39.8 Å². The Morgan fingerprint density at radius 2 is 2.03 bits per heavy atom. The Labute approximate surface area is 198 Å². The van der Waals surface area contributed by atoms with Crippen molar-refractivity contribution in [2.45, 2.75) is 58.8 Å². The predicted octanol–water partition coefficient (Wildman–Crippen LogP) is 3.09. The minimum absolute atomic E-state index is 0. The zero-order valence-electron chi connectivity index (χ0n) is 19.1. The fraction of sp³-hybridized carbons (Fsp3) is 0.636. The van der Waals surface area contributed by atoms with E-state index in [9.17, 15) is 4.79 Å². The smallest absolute Gasteiger partial charge is 0.241 e. The molecule has 30 heavy (non-hydrogen) atoms. The number of carbonyl (C=O) groups is 1. The number of aliphatic imine (C=N–C) groups is 1. The molecule has 0 saturated carbocycles. The van der Waals surface area contributed by atoms with Gasteiger partial charge >= 0.3 is 0 Å². The van der Waals surface area contributed by atoms with Gasteiger partial charge in [-0.05, 0) is 52.2 Å². The molecule has 1 saturated heterocycles. The molecule has 8 heteroatoms. The number of nitrogens with one attached hydrogen (secondary N) is 2. The van der Waals surface area contributed by atoms with Crippen LogP contribution in [0.25, 0.3) is 0 Å². The molecule has 7 nitrogen and oxygen atoms in total. The first-order valence-corrected chi connectivity index (χ1v) is 10.3. The van der Waals surface area contributed by atoms with Gasteiger partial charge in [-0.3, -0.25) is 4.79 Å². The zero-order valence-corrected chi connectivity index (χ0v) is 21.4. The van der Waals surface area contributed by atoms with E-state index in [4.69, 9.17) is 14.5 Å². The largest absolute Gasteiger partial charge is 0.488 e. The molecule has 1 aromatic carbocycles. The summed E-state index contributed by atoms with van der Waals surface area (Å²) in [5.74, 6) is 1.42. The molecule has 1 aliphatic heterocycles. The number of rotatable bonds is 7. The topological polar surface area (TPSA) is 75.2 Å². The van der Waals surface area contributed by atoms with E-state index in [2.05, 4.69) is 16.7 Å². The van der Waals surface area contributed by atoms with Crippen LogP contribution < -0.4 is 15.4 Å². The van der Waals surface area contributed by atoms with Crippen molar-refractivity contribution in [3.63, 3.8) is 0 Å². The van der Waals surface area contributed by atoms with Gasteiger partial charge in [0.25, 0.3) is 0 Å². The highest BCUT2D eigenvalue weighted by Gasteiger charge is 2.17. The van der Waals surface area contributed by atoms with Gasteiger partial charge in [0.15, 0.2) is 5.96 Å². The number of carbonyl (C=O) groups excluding carboxylic acids is 1. The molecule has 0 aromatic heterocycles. The molecule has 0 bridgehead atoms. The fourth-order valence-electron chi connectivity index (χ4n) is 2.89. The van der Waals surface area contributed by atoms with Crippen LogP contribution >= 0.6 is 24.0 Å². The van der Waals surface area contributed by atoms with Crippen molar-refractivity contribution in [1.29, 1.82) is 0 Å². The van der Waals surface area contributed by atoms with Crippen molar-refractivity contribution in [2.24, 2.45) is 4.99 Å². The second kappa shape index (κ2) is 12.3. The number of halogens is 1. The SMILES string of the molecule is Cc1ccc(CN=C(NCC(=O)N(C)C)NCC2CCCO2)c(OC(C)(C)C)c1.I. The number of guanidine groups is 1. The van der Waals surface area contributed by atoms with Crippen LogP contribution in [0.3, 0.4) is 0 Å². The molecule has 0 radical (unpaired) electrons. The summed E-state index contributed by atoms with van der Waals surface area (Å²) in [6.07, 6.45) is 2.31. The number of benzene rings is 1. The first-order chi connectivity index (χ1) is 13.6. The standard InChI is InChI=1S/C22H36N4O3.HI/c1-16-9-10-17(19(12-16)29-22(2,3)4)13-23-21(25-15-20(27)26(5)6)24-14-18-8-7-11-28-18;/h9-10,12,18H,7-8,11,13-15H2,1-6H3,(H2,23,24,25);1H. The number of likely N-dealkylation sites (N-methyl/N-ethyl adjacent to an activating group) is 1. The minimum atomic E-state index is -0.288. The summed E-state index contributed by atoms with van der Waals surface area (Å²) in [6, 6.07) is 6.14. The maximum atomic E-state index is 12.0. The minimum Gasteiger partial charge on any atom is -0.488 e. The monoisotopic (exact) mass is 532 g/mol. The lowest BCUT2D eigenvalue weighted by Gasteiger charge is -2.23. The van der Waals surface area contributed by atoms with Crippen molar-refractivity contribution in [3.05, 3.63) is 29.3 Å². The summed E-state index contributed by atoms with van der Waals surface area (Å²) in [5.41, 5.74) is 1.86. The number of hydrogen-bond acceptors (Lipinski definition) is 4. The van der Waals surface area contributed by atoms with Gasteiger partial charge in [-0.15, -0.1) is 24.0 Å². The van der Waals surface area contributed by atoms with Crippen molar-refractivity contribution in [1.82, 2.24) is 15.5 Å². The van der Waals surface area contributed by atoms with Gasteiger partial charge < -0.3 is 25.0 Å². The van der Waals surface area contributed by atoms with Crippen molar-refractivity contribution in [3.8, 4) is 5.75 Å². The lowest BCUT2D eigenvalue weighted by Crippen LogP contribution is -2.45. The van der Waals surface area contributed by atoms with Crippen LogP contribution in [0.4, 0.5) is 0 Å². The molecule has 1 amide bonds. The second-order valence-corrected chi connectivity index (χ2v) is 8.65. The van der Waals surface area contributed by atoms with Gasteiger partial charge in [-0.1, -0.05) is 12.1 Å². The van der Waals surface area contributed by atoms with Crippen LogP contribution in [-0.4, -0.2) is 62.3 Å².